The zero-order valence-corrected chi connectivity index (χ0v) is 10.7. The highest BCUT2D eigenvalue weighted by Crippen LogP contribution is 2.26. The van der Waals surface area contributed by atoms with Crippen molar-refractivity contribution < 1.29 is 0 Å². The van der Waals surface area contributed by atoms with Gasteiger partial charge >= 0.3 is 0 Å². The van der Waals surface area contributed by atoms with E-state index in [4.69, 9.17) is 0 Å². The third-order valence-electron chi connectivity index (χ3n) is 3.19. The van der Waals surface area contributed by atoms with E-state index in [-0.39, 0.29) is 5.56 Å². The molecule has 1 aromatic heterocycles. The van der Waals surface area contributed by atoms with Gasteiger partial charge in [-0.1, -0.05) is 49.4 Å². The molecule has 2 aromatic carbocycles. The summed E-state index contributed by atoms with van der Waals surface area (Å²) >= 11 is 0. The zero-order valence-electron chi connectivity index (χ0n) is 10.7. The Morgan fingerprint density at radius 3 is 2.74 bits per heavy atom. The Balaban J connectivity index is 2.30. The fraction of sp³-hybridized carbons (Fsp3) is 0.125. The molecule has 0 radical (unpaired) electrons. The number of fused-ring (bicyclic) bond motifs is 1. The molecule has 0 aliphatic carbocycles. The van der Waals surface area contributed by atoms with Gasteiger partial charge in [0.15, 0.2) is 0 Å². The van der Waals surface area contributed by atoms with Crippen molar-refractivity contribution in [2.45, 2.75) is 13.3 Å². The molecule has 1 N–H and O–H groups in total. The highest BCUT2D eigenvalue weighted by Gasteiger charge is 2.06. The van der Waals surface area contributed by atoms with E-state index in [1.165, 1.54) is 0 Å². The fourth-order valence-corrected chi connectivity index (χ4v) is 2.26. The molecule has 0 saturated heterocycles. The molecule has 0 amide bonds. The molecule has 19 heavy (non-hydrogen) atoms. The van der Waals surface area contributed by atoms with E-state index in [2.05, 4.69) is 28.2 Å². The molecule has 3 nitrogen and oxygen atoms in total. The van der Waals surface area contributed by atoms with Gasteiger partial charge in [0.25, 0.3) is 5.56 Å². The molecule has 3 rings (SSSR count). The summed E-state index contributed by atoms with van der Waals surface area (Å²) in [6.45, 7) is 1.98. The van der Waals surface area contributed by atoms with Crippen LogP contribution in [0.25, 0.3) is 22.0 Å². The van der Waals surface area contributed by atoms with Crippen molar-refractivity contribution in [1.29, 1.82) is 0 Å². The number of benzene rings is 2. The average Bonchev–Trinajstić information content (AvgIpc) is 2.46. The van der Waals surface area contributed by atoms with E-state index in [9.17, 15) is 4.79 Å². The molecule has 1 heterocycles. The largest absolute Gasteiger partial charge is 0.311 e. The van der Waals surface area contributed by atoms with Gasteiger partial charge in [-0.3, -0.25) is 4.79 Å². The molecule has 0 saturated carbocycles. The molecular weight excluding hydrogens is 236 g/mol. The van der Waals surface area contributed by atoms with E-state index in [1.54, 1.807) is 6.07 Å². The monoisotopic (exact) mass is 250 g/mol. The Morgan fingerprint density at radius 2 is 1.89 bits per heavy atom. The lowest BCUT2D eigenvalue weighted by Crippen LogP contribution is -2.10. The number of rotatable bonds is 2. The first-order valence-electron chi connectivity index (χ1n) is 6.36. The standard InChI is InChI=1S/C16H14N2O/c1-2-15-17-14(10-16(19)18-15)13-9-5-7-11-6-3-4-8-12(11)13/h3-10H,2H2,1H3,(H,17,18,19). The third-order valence-corrected chi connectivity index (χ3v) is 3.19. The number of hydrogen-bond donors (Lipinski definition) is 1. The lowest BCUT2D eigenvalue weighted by atomic mass is 10.0. The van der Waals surface area contributed by atoms with Crippen LogP contribution in [0.15, 0.2) is 53.3 Å². The summed E-state index contributed by atoms with van der Waals surface area (Å²) < 4.78 is 0. The lowest BCUT2D eigenvalue weighted by Gasteiger charge is -2.07. The second-order valence-electron chi connectivity index (χ2n) is 4.46. The van der Waals surface area contributed by atoms with Gasteiger partial charge in [-0.05, 0) is 10.8 Å². The molecule has 0 aliphatic rings. The number of nitrogens with one attached hydrogen (secondary N) is 1. The molecule has 0 aliphatic heterocycles. The SMILES string of the molecule is CCc1nc(-c2cccc3ccccc23)cc(=O)[nH]1. The van der Waals surface area contributed by atoms with E-state index < -0.39 is 0 Å². The van der Waals surface area contributed by atoms with Gasteiger partial charge in [0.05, 0.1) is 5.69 Å². The smallest absolute Gasteiger partial charge is 0.251 e. The van der Waals surface area contributed by atoms with Crippen LogP contribution in [0, 0.1) is 0 Å². The zero-order chi connectivity index (χ0) is 13.2. The summed E-state index contributed by atoms with van der Waals surface area (Å²) in [4.78, 5) is 18.9. The van der Waals surface area contributed by atoms with Crippen molar-refractivity contribution in [2.75, 3.05) is 0 Å². The van der Waals surface area contributed by atoms with Crippen LogP contribution >= 0.6 is 0 Å². The first-order valence-corrected chi connectivity index (χ1v) is 6.36. The molecular formula is C16H14N2O. The topological polar surface area (TPSA) is 45.8 Å². The minimum atomic E-state index is -0.102. The summed E-state index contributed by atoms with van der Waals surface area (Å²) in [5, 5.41) is 2.27. The average molecular weight is 250 g/mol. The van der Waals surface area contributed by atoms with Gasteiger partial charge in [0, 0.05) is 18.1 Å². The van der Waals surface area contributed by atoms with E-state index >= 15 is 0 Å². The van der Waals surface area contributed by atoms with Crippen molar-refractivity contribution in [3.8, 4) is 11.3 Å². The van der Waals surface area contributed by atoms with Crippen LogP contribution in [-0.2, 0) is 6.42 Å². The summed E-state index contributed by atoms with van der Waals surface area (Å²) in [7, 11) is 0. The summed E-state index contributed by atoms with van der Waals surface area (Å²) in [6, 6.07) is 15.7. The Labute approximate surface area is 111 Å². The molecule has 0 atom stereocenters. The van der Waals surface area contributed by atoms with E-state index in [1.807, 2.05) is 31.2 Å². The third kappa shape index (κ3) is 2.15. The van der Waals surface area contributed by atoms with Gasteiger partial charge in [0.2, 0.25) is 0 Å². The normalized spacial score (nSPS) is 10.8. The summed E-state index contributed by atoms with van der Waals surface area (Å²) in [5.74, 6) is 0.718. The number of hydrogen-bond acceptors (Lipinski definition) is 2. The van der Waals surface area contributed by atoms with Crippen LogP contribution in [-0.4, -0.2) is 9.97 Å². The highest BCUT2D eigenvalue weighted by molar-refractivity contribution is 5.95. The number of H-pyrrole nitrogens is 1. The second kappa shape index (κ2) is 4.69. The summed E-state index contributed by atoms with van der Waals surface area (Å²) in [5.41, 5.74) is 1.63. The Hall–Kier alpha value is -2.42. The van der Waals surface area contributed by atoms with Crippen LogP contribution in [0.2, 0.25) is 0 Å². The van der Waals surface area contributed by atoms with Gasteiger partial charge < -0.3 is 4.98 Å². The Kier molecular flexibility index (Phi) is 2.88. The highest BCUT2D eigenvalue weighted by atomic mass is 16.1. The maximum Gasteiger partial charge on any atom is 0.251 e. The quantitative estimate of drug-likeness (QED) is 0.759. The van der Waals surface area contributed by atoms with Gasteiger partial charge in [-0.15, -0.1) is 0 Å². The molecule has 0 unspecified atom stereocenters. The first kappa shape index (κ1) is 11.7. The van der Waals surface area contributed by atoms with Crippen molar-refractivity contribution in [2.24, 2.45) is 0 Å². The molecule has 3 aromatic rings. The van der Waals surface area contributed by atoms with Crippen molar-refractivity contribution in [3.05, 3.63) is 64.7 Å². The molecule has 0 spiro atoms. The summed E-state index contributed by atoms with van der Waals surface area (Å²) in [6.07, 6.45) is 0.716. The van der Waals surface area contributed by atoms with Crippen LogP contribution in [0.1, 0.15) is 12.7 Å². The Morgan fingerprint density at radius 1 is 1.11 bits per heavy atom. The van der Waals surface area contributed by atoms with Gasteiger partial charge in [-0.2, -0.15) is 0 Å². The number of aryl methyl sites for hydroxylation is 1. The number of aromatic nitrogens is 2. The van der Waals surface area contributed by atoms with Crippen molar-refractivity contribution in [3.63, 3.8) is 0 Å². The lowest BCUT2D eigenvalue weighted by molar-refractivity contribution is 0.924. The minimum absolute atomic E-state index is 0.102. The number of aromatic amines is 1. The molecule has 0 bridgehead atoms. The number of nitrogens with zero attached hydrogens (tertiary/aromatic N) is 1. The van der Waals surface area contributed by atoms with Crippen LogP contribution < -0.4 is 5.56 Å². The van der Waals surface area contributed by atoms with Crippen molar-refractivity contribution >= 4 is 10.8 Å². The van der Waals surface area contributed by atoms with Gasteiger partial charge in [-0.25, -0.2) is 4.98 Å². The van der Waals surface area contributed by atoms with Gasteiger partial charge in [0.1, 0.15) is 5.82 Å². The van der Waals surface area contributed by atoms with Crippen LogP contribution in [0.5, 0.6) is 0 Å². The fourth-order valence-electron chi connectivity index (χ4n) is 2.26. The maximum atomic E-state index is 11.7. The van der Waals surface area contributed by atoms with E-state index in [0.717, 1.165) is 27.9 Å². The predicted octanol–water partition coefficient (Wildman–Crippen LogP) is 3.15. The Bertz CT molecular complexity index is 785. The predicted molar refractivity (Wildman–Crippen MR) is 77.2 cm³/mol. The van der Waals surface area contributed by atoms with Crippen LogP contribution in [0.3, 0.4) is 0 Å². The van der Waals surface area contributed by atoms with E-state index in [0.29, 0.717) is 6.42 Å². The molecule has 0 fully saturated rings. The van der Waals surface area contributed by atoms with Crippen LogP contribution in [0.4, 0.5) is 0 Å². The van der Waals surface area contributed by atoms with Crippen molar-refractivity contribution in [1.82, 2.24) is 9.97 Å². The maximum absolute atomic E-state index is 11.7. The molecule has 3 heteroatoms. The molecule has 94 valence electrons. The first-order chi connectivity index (χ1) is 9.28. The minimum Gasteiger partial charge on any atom is -0.311 e. The second-order valence-corrected chi connectivity index (χ2v) is 4.46.